The number of aromatic nitrogens is 4. The highest BCUT2D eigenvalue weighted by Crippen LogP contribution is 2.51. The first kappa shape index (κ1) is 13.0. The Bertz CT molecular complexity index is 866. The van der Waals surface area contributed by atoms with Crippen molar-refractivity contribution >= 4 is 11.5 Å². The molecule has 5 rings (SSSR count). The molecule has 6 heteroatoms. The Labute approximate surface area is 134 Å². The van der Waals surface area contributed by atoms with Gasteiger partial charge in [-0.2, -0.15) is 0 Å². The molecule has 0 radical (unpaired) electrons. The highest BCUT2D eigenvalue weighted by molar-refractivity contribution is 5.61. The van der Waals surface area contributed by atoms with Crippen molar-refractivity contribution in [3.8, 4) is 11.4 Å². The molecule has 3 aromatic heterocycles. The van der Waals surface area contributed by atoms with Crippen molar-refractivity contribution in [2.24, 2.45) is 5.41 Å². The van der Waals surface area contributed by atoms with Gasteiger partial charge < -0.3 is 10.6 Å². The number of rotatable bonds is 3. The minimum absolute atomic E-state index is 0.465. The van der Waals surface area contributed by atoms with Gasteiger partial charge in [0, 0.05) is 36.9 Å². The van der Waals surface area contributed by atoms with Gasteiger partial charge >= 0.3 is 0 Å². The second-order valence-corrected chi connectivity index (χ2v) is 6.55. The van der Waals surface area contributed by atoms with Crippen LogP contribution in [0.1, 0.15) is 12.8 Å². The van der Waals surface area contributed by atoms with Crippen molar-refractivity contribution in [2.45, 2.75) is 18.9 Å². The third-order valence-electron chi connectivity index (χ3n) is 5.11. The second kappa shape index (κ2) is 4.76. The lowest BCUT2D eigenvalue weighted by Crippen LogP contribution is -2.29. The molecule has 3 aromatic rings. The zero-order valence-electron chi connectivity index (χ0n) is 12.7. The van der Waals surface area contributed by atoms with Gasteiger partial charge in [0.05, 0.1) is 23.8 Å². The van der Waals surface area contributed by atoms with Gasteiger partial charge in [0.1, 0.15) is 5.82 Å². The molecule has 1 aliphatic heterocycles. The Hall–Kier alpha value is -2.47. The van der Waals surface area contributed by atoms with Crippen LogP contribution in [0.15, 0.2) is 43.0 Å². The lowest BCUT2D eigenvalue weighted by molar-refractivity contribution is 0.523. The number of anilines is 1. The Morgan fingerprint density at radius 1 is 1.26 bits per heavy atom. The Balaban J connectivity index is 1.48. The predicted octanol–water partition coefficient (Wildman–Crippen LogP) is 1.96. The summed E-state index contributed by atoms with van der Waals surface area (Å²) in [6, 6.07) is 6.60. The minimum atomic E-state index is 0.465. The number of fused-ring (bicyclic) bond motifs is 1. The van der Waals surface area contributed by atoms with Crippen LogP contribution in [0.2, 0.25) is 0 Å². The molecular formula is C17H18N6. The van der Waals surface area contributed by atoms with E-state index in [0.717, 1.165) is 35.9 Å². The Morgan fingerprint density at radius 2 is 2.22 bits per heavy atom. The highest BCUT2D eigenvalue weighted by Gasteiger charge is 2.52. The summed E-state index contributed by atoms with van der Waals surface area (Å²) >= 11 is 0. The van der Waals surface area contributed by atoms with Crippen molar-refractivity contribution < 1.29 is 0 Å². The standard InChI is InChI=1S/C17H18N6/c1-2-12(13-8-20-16-10-18-6-7-23(13)16)21-15(3-1)22-14-9-19-11-17(14)4-5-17/h1-3,6-8,10,14,19H,4-5,9,11H2,(H,21,22)/t14-/m0/s1. The van der Waals surface area contributed by atoms with E-state index in [9.17, 15) is 0 Å². The zero-order valence-corrected chi connectivity index (χ0v) is 12.7. The lowest BCUT2D eigenvalue weighted by Gasteiger charge is -2.19. The fraction of sp³-hybridized carbons (Fsp3) is 0.353. The molecule has 1 saturated heterocycles. The molecule has 0 aromatic carbocycles. The average molecular weight is 306 g/mol. The maximum absolute atomic E-state index is 4.80. The van der Waals surface area contributed by atoms with E-state index in [1.807, 2.05) is 35.0 Å². The SMILES string of the molecule is c1cc(N[C@H]2CNCC23CC3)nc(-c2cnc3cnccn23)c1. The van der Waals surface area contributed by atoms with E-state index >= 15 is 0 Å². The first-order chi connectivity index (χ1) is 11.3. The van der Waals surface area contributed by atoms with Crippen LogP contribution in [0, 0.1) is 5.41 Å². The van der Waals surface area contributed by atoms with E-state index < -0.39 is 0 Å². The molecule has 1 spiro atoms. The van der Waals surface area contributed by atoms with E-state index in [2.05, 4.69) is 20.6 Å². The third-order valence-corrected chi connectivity index (χ3v) is 5.11. The van der Waals surface area contributed by atoms with Gasteiger partial charge in [-0.15, -0.1) is 0 Å². The van der Waals surface area contributed by atoms with E-state index in [1.165, 1.54) is 12.8 Å². The summed E-state index contributed by atoms with van der Waals surface area (Å²) in [5, 5.41) is 7.13. The summed E-state index contributed by atoms with van der Waals surface area (Å²) in [6.45, 7) is 2.15. The van der Waals surface area contributed by atoms with E-state index in [4.69, 9.17) is 4.98 Å². The largest absolute Gasteiger partial charge is 0.365 e. The van der Waals surface area contributed by atoms with Crippen LogP contribution in [-0.2, 0) is 0 Å². The molecule has 23 heavy (non-hydrogen) atoms. The van der Waals surface area contributed by atoms with Crippen LogP contribution in [0.5, 0.6) is 0 Å². The van der Waals surface area contributed by atoms with Crippen molar-refractivity contribution in [1.82, 2.24) is 24.7 Å². The fourth-order valence-electron chi connectivity index (χ4n) is 3.56. The van der Waals surface area contributed by atoms with Crippen LogP contribution in [-0.4, -0.2) is 38.5 Å². The van der Waals surface area contributed by atoms with Crippen molar-refractivity contribution in [3.63, 3.8) is 0 Å². The molecule has 2 N–H and O–H groups in total. The third kappa shape index (κ3) is 2.09. The quantitative estimate of drug-likeness (QED) is 0.774. The number of pyridine rings is 1. The van der Waals surface area contributed by atoms with Crippen molar-refractivity contribution in [2.75, 3.05) is 18.4 Å². The van der Waals surface area contributed by atoms with Crippen LogP contribution in [0.4, 0.5) is 5.82 Å². The molecule has 2 fully saturated rings. The summed E-state index contributed by atoms with van der Waals surface area (Å²) in [6.07, 6.45) is 9.92. The normalized spacial score (nSPS) is 21.8. The molecule has 1 aliphatic carbocycles. The van der Waals surface area contributed by atoms with Gasteiger partial charge in [0.2, 0.25) is 0 Å². The summed E-state index contributed by atoms with van der Waals surface area (Å²) in [5.74, 6) is 0.937. The molecule has 1 atom stereocenters. The van der Waals surface area contributed by atoms with Crippen LogP contribution in [0.25, 0.3) is 17.0 Å². The highest BCUT2D eigenvalue weighted by atomic mass is 15.1. The molecule has 2 aliphatic rings. The van der Waals surface area contributed by atoms with E-state index in [1.54, 1.807) is 12.4 Å². The van der Waals surface area contributed by atoms with Crippen LogP contribution >= 0.6 is 0 Å². The van der Waals surface area contributed by atoms with E-state index in [0.29, 0.717) is 11.5 Å². The molecule has 0 amide bonds. The monoisotopic (exact) mass is 306 g/mol. The summed E-state index contributed by atoms with van der Waals surface area (Å²) in [7, 11) is 0. The minimum Gasteiger partial charge on any atom is -0.365 e. The molecular weight excluding hydrogens is 288 g/mol. The predicted molar refractivity (Wildman–Crippen MR) is 88.2 cm³/mol. The van der Waals surface area contributed by atoms with Crippen LogP contribution < -0.4 is 10.6 Å². The smallest absolute Gasteiger partial charge is 0.155 e. The second-order valence-electron chi connectivity index (χ2n) is 6.55. The van der Waals surface area contributed by atoms with Gasteiger partial charge in [-0.3, -0.25) is 9.38 Å². The van der Waals surface area contributed by atoms with Gasteiger partial charge in [-0.25, -0.2) is 9.97 Å². The van der Waals surface area contributed by atoms with Gasteiger partial charge in [-0.05, 0) is 25.0 Å². The molecule has 4 heterocycles. The molecule has 116 valence electrons. The van der Waals surface area contributed by atoms with E-state index in [-0.39, 0.29) is 0 Å². The summed E-state index contributed by atoms with van der Waals surface area (Å²) in [4.78, 5) is 13.3. The first-order valence-electron chi connectivity index (χ1n) is 8.06. The molecule has 1 saturated carbocycles. The van der Waals surface area contributed by atoms with Crippen molar-refractivity contribution in [1.29, 1.82) is 0 Å². The molecule has 6 nitrogen and oxygen atoms in total. The Morgan fingerprint density at radius 3 is 3.13 bits per heavy atom. The van der Waals surface area contributed by atoms with Gasteiger partial charge in [0.25, 0.3) is 0 Å². The van der Waals surface area contributed by atoms with Gasteiger partial charge in [0.15, 0.2) is 5.65 Å². The summed E-state index contributed by atoms with van der Waals surface area (Å²) in [5.41, 5.74) is 3.20. The molecule has 0 unspecified atom stereocenters. The average Bonchev–Trinajstić information content (AvgIpc) is 3.07. The number of nitrogens with zero attached hydrogens (tertiary/aromatic N) is 4. The molecule has 0 bridgehead atoms. The Kier molecular flexibility index (Phi) is 2.69. The fourth-order valence-corrected chi connectivity index (χ4v) is 3.56. The van der Waals surface area contributed by atoms with Crippen LogP contribution in [0.3, 0.4) is 0 Å². The lowest BCUT2D eigenvalue weighted by atomic mass is 10.0. The van der Waals surface area contributed by atoms with Gasteiger partial charge in [-0.1, -0.05) is 6.07 Å². The number of imidazole rings is 1. The number of hydrogen-bond donors (Lipinski definition) is 2. The van der Waals surface area contributed by atoms with Crippen molar-refractivity contribution in [3.05, 3.63) is 43.0 Å². The first-order valence-corrected chi connectivity index (χ1v) is 8.06. The topological polar surface area (TPSA) is 67.1 Å². The number of nitrogens with one attached hydrogen (secondary N) is 2. The number of hydrogen-bond acceptors (Lipinski definition) is 5. The zero-order chi connectivity index (χ0) is 15.3. The maximum atomic E-state index is 4.80. The maximum Gasteiger partial charge on any atom is 0.155 e. The summed E-state index contributed by atoms with van der Waals surface area (Å²) < 4.78 is 2.01.